The van der Waals surface area contributed by atoms with E-state index in [1.807, 2.05) is 4.90 Å². The first kappa shape index (κ1) is 15.9. The SMILES string of the molecule is NC(=O)CCCCC(=O)N1CCCCCC1.O. The van der Waals surface area contributed by atoms with E-state index in [-0.39, 0.29) is 17.3 Å². The van der Waals surface area contributed by atoms with E-state index in [9.17, 15) is 9.59 Å². The van der Waals surface area contributed by atoms with Crippen molar-refractivity contribution in [3.05, 3.63) is 0 Å². The molecule has 0 unspecified atom stereocenters. The van der Waals surface area contributed by atoms with Crippen molar-refractivity contribution in [3.63, 3.8) is 0 Å². The third-order valence-electron chi connectivity index (χ3n) is 3.02. The molecule has 1 saturated heterocycles. The smallest absolute Gasteiger partial charge is 0.222 e. The third-order valence-corrected chi connectivity index (χ3v) is 3.02. The number of primary amides is 1. The Morgan fingerprint density at radius 3 is 2.00 bits per heavy atom. The van der Waals surface area contributed by atoms with Crippen molar-refractivity contribution in [2.75, 3.05) is 13.1 Å². The molecule has 2 amide bonds. The zero-order valence-electron chi connectivity index (χ0n) is 10.4. The van der Waals surface area contributed by atoms with Crippen LogP contribution >= 0.6 is 0 Å². The number of hydrogen-bond donors (Lipinski definition) is 1. The van der Waals surface area contributed by atoms with Crippen LogP contribution in [0.1, 0.15) is 51.4 Å². The quantitative estimate of drug-likeness (QED) is 0.717. The van der Waals surface area contributed by atoms with E-state index in [2.05, 4.69) is 0 Å². The molecule has 0 spiro atoms. The van der Waals surface area contributed by atoms with Crippen LogP contribution in [0.5, 0.6) is 0 Å². The minimum Gasteiger partial charge on any atom is -0.412 e. The highest BCUT2D eigenvalue weighted by Crippen LogP contribution is 2.12. The normalized spacial score (nSPS) is 15.9. The zero-order valence-corrected chi connectivity index (χ0v) is 10.4. The Hall–Kier alpha value is -1.10. The number of unbranched alkanes of at least 4 members (excludes halogenated alkanes) is 1. The molecule has 0 aromatic carbocycles. The van der Waals surface area contributed by atoms with Crippen LogP contribution in [-0.4, -0.2) is 35.3 Å². The number of nitrogens with two attached hydrogens (primary N) is 1. The lowest BCUT2D eigenvalue weighted by molar-refractivity contribution is -0.131. The maximum Gasteiger partial charge on any atom is 0.222 e. The van der Waals surface area contributed by atoms with Crippen LogP contribution in [0.25, 0.3) is 0 Å². The van der Waals surface area contributed by atoms with Gasteiger partial charge in [0.15, 0.2) is 0 Å². The van der Waals surface area contributed by atoms with Gasteiger partial charge in [0.1, 0.15) is 0 Å². The minimum absolute atomic E-state index is 0. The van der Waals surface area contributed by atoms with Crippen molar-refractivity contribution >= 4 is 11.8 Å². The number of carbonyl (C=O) groups is 2. The molecule has 1 rings (SSSR count). The van der Waals surface area contributed by atoms with E-state index in [0.717, 1.165) is 38.8 Å². The predicted molar refractivity (Wildman–Crippen MR) is 66.3 cm³/mol. The van der Waals surface area contributed by atoms with Gasteiger partial charge >= 0.3 is 0 Å². The molecule has 0 atom stereocenters. The molecule has 5 nitrogen and oxygen atoms in total. The predicted octanol–water partition coefficient (Wildman–Crippen LogP) is 0.610. The summed E-state index contributed by atoms with van der Waals surface area (Å²) in [5.74, 6) is -0.0337. The van der Waals surface area contributed by atoms with Crippen molar-refractivity contribution in [1.82, 2.24) is 4.90 Å². The van der Waals surface area contributed by atoms with Crippen LogP contribution in [0.4, 0.5) is 0 Å². The summed E-state index contributed by atoms with van der Waals surface area (Å²) in [6.07, 6.45) is 7.21. The Kier molecular flexibility index (Phi) is 8.40. The van der Waals surface area contributed by atoms with E-state index in [0.29, 0.717) is 12.8 Å². The third kappa shape index (κ3) is 6.94. The van der Waals surface area contributed by atoms with E-state index in [4.69, 9.17) is 5.73 Å². The molecule has 0 aromatic heterocycles. The molecule has 5 heteroatoms. The standard InChI is InChI=1S/C12H22N2O2.H2O/c13-11(15)7-3-4-8-12(16)14-9-5-1-2-6-10-14;/h1-10H2,(H2,13,15);1H2. The van der Waals surface area contributed by atoms with Crippen molar-refractivity contribution in [2.45, 2.75) is 51.4 Å². The second kappa shape index (κ2) is 8.98. The highest BCUT2D eigenvalue weighted by atomic mass is 16.2. The molecule has 1 aliphatic heterocycles. The highest BCUT2D eigenvalue weighted by Gasteiger charge is 2.14. The summed E-state index contributed by atoms with van der Waals surface area (Å²) in [5, 5.41) is 0. The van der Waals surface area contributed by atoms with Crippen molar-refractivity contribution in [2.24, 2.45) is 5.73 Å². The van der Waals surface area contributed by atoms with Crippen LogP contribution in [0.3, 0.4) is 0 Å². The van der Waals surface area contributed by atoms with Gasteiger partial charge in [-0.1, -0.05) is 12.8 Å². The van der Waals surface area contributed by atoms with Gasteiger partial charge in [0, 0.05) is 25.9 Å². The number of amides is 2. The maximum absolute atomic E-state index is 11.8. The van der Waals surface area contributed by atoms with Crippen LogP contribution in [-0.2, 0) is 9.59 Å². The van der Waals surface area contributed by atoms with Crippen molar-refractivity contribution in [1.29, 1.82) is 0 Å². The summed E-state index contributed by atoms with van der Waals surface area (Å²) >= 11 is 0. The molecule has 17 heavy (non-hydrogen) atoms. The van der Waals surface area contributed by atoms with Gasteiger partial charge in [0.25, 0.3) is 0 Å². The van der Waals surface area contributed by atoms with Gasteiger partial charge in [-0.25, -0.2) is 0 Å². The minimum atomic E-state index is -0.276. The number of rotatable bonds is 5. The molecule has 1 fully saturated rings. The lowest BCUT2D eigenvalue weighted by Crippen LogP contribution is -2.31. The van der Waals surface area contributed by atoms with E-state index in [1.165, 1.54) is 12.8 Å². The van der Waals surface area contributed by atoms with Gasteiger partial charge in [-0.2, -0.15) is 0 Å². The van der Waals surface area contributed by atoms with Crippen LogP contribution < -0.4 is 5.73 Å². The summed E-state index contributed by atoms with van der Waals surface area (Å²) in [6.45, 7) is 1.82. The van der Waals surface area contributed by atoms with Gasteiger partial charge in [0.05, 0.1) is 0 Å². The Balaban J connectivity index is 0.00000256. The summed E-state index contributed by atoms with van der Waals surface area (Å²) in [5.41, 5.74) is 5.04. The maximum atomic E-state index is 11.8. The number of likely N-dealkylation sites (tertiary alicyclic amines) is 1. The van der Waals surface area contributed by atoms with Gasteiger partial charge < -0.3 is 16.1 Å². The zero-order chi connectivity index (χ0) is 11.8. The molecule has 1 heterocycles. The molecular formula is C12H24N2O3. The molecule has 0 radical (unpaired) electrons. The van der Waals surface area contributed by atoms with Gasteiger partial charge in [-0.3, -0.25) is 9.59 Å². The molecule has 0 aliphatic carbocycles. The molecule has 4 N–H and O–H groups in total. The second-order valence-electron chi connectivity index (χ2n) is 4.47. The summed E-state index contributed by atoms with van der Waals surface area (Å²) < 4.78 is 0. The fourth-order valence-electron chi connectivity index (χ4n) is 2.05. The molecule has 0 aromatic rings. The summed E-state index contributed by atoms with van der Waals surface area (Å²) in [7, 11) is 0. The number of carbonyl (C=O) groups excluding carboxylic acids is 2. The van der Waals surface area contributed by atoms with E-state index in [1.54, 1.807) is 0 Å². The Morgan fingerprint density at radius 2 is 1.47 bits per heavy atom. The van der Waals surface area contributed by atoms with Crippen LogP contribution in [0.2, 0.25) is 0 Å². The molecular weight excluding hydrogens is 220 g/mol. The van der Waals surface area contributed by atoms with Crippen molar-refractivity contribution < 1.29 is 15.1 Å². The first-order chi connectivity index (χ1) is 7.70. The topological polar surface area (TPSA) is 94.9 Å². The Bertz CT molecular complexity index is 236. The van der Waals surface area contributed by atoms with Crippen LogP contribution in [0.15, 0.2) is 0 Å². The first-order valence-electron chi connectivity index (χ1n) is 6.26. The molecule has 1 aliphatic rings. The largest absolute Gasteiger partial charge is 0.412 e. The second-order valence-corrected chi connectivity index (χ2v) is 4.47. The average Bonchev–Trinajstić information content (AvgIpc) is 2.52. The summed E-state index contributed by atoms with van der Waals surface area (Å²) in [6, 6.07) is 0. The average molecular weight is 244 g/mol. The Labute approximate surface area is 103 Å². The van der Waals surface area contributed by atoms with Crippen LogP contribution in [0, 0.1) is 0 Å². The fourth-order valence-corrected chi connectivity index (χ4v) is 2.05. The molecule has 100 valence electrons. The van der Waals surface area contributed by atoms with Gasteiger partial charge in [0.2, 0.25) is 11.8 Å². The fraction of sp³-hybridized carbons (Fsp3) is 0.833. The Morgan fingerprint density at radius 1 is 0.941 bits per heavy atom. The monoisotopic (exact) mass is 244 g/mol. The van der Waals surface area contributed by atoms with Crippen molar-refractivity contribution in [3.8, 4) is 0 Å². The molecule has 0 saturated carbocycles. The number of nitrogens with zero attached hydrogens (tertiary/aromatic N) is 1. The lowest BCUT2D eigenvalue weighted by atomic mass is 10.1. The molecule has 0 bridgehead atoms. The number of hydrogen-bond acceptors (Lipinski definition) is 2. The van der Waals surface area contributed by atoms with Gasteiger partial charge in [-0.05, 0) is 25.7 Å². The summed E-state index contributed by atoms with van der Waals surface area (Å²) in [4.78, 5) is 24.3. The van der Waals surface area contributed by atoms with Gasteiger partial charge in [-0.15, -0.1) is 0 Å². The van der Waals surface area contributed by atoms with E-state index < -0.39 is 0 Å². The highest BCUT2D eigenvalue weighted by molar-refractivity contribution is 5.76. The van der Waals surface area contributed by atoms with E-state index >= 15 is 0 Å². The lowest BCUT2D eigenvalue weighted by Gasteiger charge is -2.20. The first-order valence-corrected chi connectivity index (χ1v) is 6.26.